The van der Waals surface area contributed by atoms with E-state index in [4.69, 9.17) is 37.9 Å². The summed E-state index contributed by atoms with van der Waals surface area (Å²) in [6.07, 6.45) is 0. The average molecular weight is 564 g/mol. The molecule has 4 aromatic rings. The minimum atomic E-state index is -0.719. The van der Waals surface area contributed by atoms with Crippen LogP contribution in [0.3, 0.4) is 0 Å². The lowest BCUT2D eigenvalue weighted by atomic mass is 9.95. The van der Waals surface area contributed by atoms with E-state index in [1.54, 1.807) is 42.5 Å². The molecule has 0 amide bonds. The van der Waals surface area contributed by atoms with Crippen molar-refractivity contribution in [3.8, 4) is 51.4 Å². The fourth-order valence-electron chi connectivity index (χ4n) is 4.97. The molecule has 0 N–H and O–H groups in total. The Morgan fingerprint density at radius 1 is 0.756 bits per heavy atom. The van der Waals surface area contributed by atoms with Gasteiger partial charge < -0.3 is 37.9 Å². The van der Waals surface area contributed by atoms with Gasteiger partial charge in [-0.1, -0.05) is 6.07 Å². The summed E-state index contributed by atoms with van der Waals surface area (Å²) in [5, 5.41) is 0.726. The molecule has 3 aromatic carbocycles. The molecule has 11 nitrogen and oxygen atoms in total. The van der Waals surface area contributed by atoms with Crippen molar-refractivity contribution in [1.29, 1.82) is 0 Å². The van der Waals surface area contributed by atoms with Crippen molar-refractivity contribution in [2.45, 2.75) is 6.54 Å². The van der Waals surface area contributed by atoms with Crippen molar-refractivity contribution >= 4 is 16.7 Å². The molecule has 0 unspecified atom stereocenters. The lowest BCUT2D eigenvalue weighted by Gasteiger charge is -2.21. The van der Waals surface area contributed by atoms with E-state index in [2.05, 4.69) is 0 Å². The Bertz CT molecular complexity index is 1680. The van der Waals surface area contributed by atoms with E-state index in [1.165, 1.54) is 47.2 Å². The second-order valence-corrected chi connectivity index (χ2v) is 8.96. The van der Waals surface area contributed by atoms with Crippen molar-refractivity contribution < 1.29 is 42.7 Å². The van der Waals surface area contributed by atoms with E-state index in [0.717, 1.165) is 0 Å². The van der Waals surface area contributed by atoms with Crippen molar-refractivity contribution in [2.24, 2.45) is 0 Å². The van der Waals surface area contributed by atoms with Crippen molar-refractivity contribution in [3.05, 3.63) is 64.1 Å². The third kappa shape index (κ3) is 4.69. The van der Waals surface area contributed by atoms with Gasteiger partial charge in [-0.3, -0.25) is 9.36 Å². The SMILES string of the molecule is COC(=O)c1c(-c2cc(OC)c(OC)c(OC)c2)c2cc(OC)c(OC)cc2c(=O)n1Cc1ccc2c(c1)OCO2. The molecule has 11 heteroatoms. The molecular formula is C30H29NO10. The topological polar surface area (TPSA) is 113 Å². The largest absolute Gasteiger partial charge is 0.493 e. The molecule has 0 spiro atoms. The lowest BCUT2D eigenvalue weighted by Crippen LogP contribution is -2.28. The summed E-state index contributed by atoms with van der Waals surface area (Å²) in [5.74, 6) is 2.25. The molecule has 0 fully saturated rings. The molecule has 0 aliphatic carbocycles. The summed E-state index contributed by atoms with van der Waals surface area (Å²) in [4.78, 5) is 27.7. The van der Waals surface area contributed by atoms with Gasteiger partial charge in [0.15, 0.2) is 34.5 Å². The van der Waals surface area contributed by atoms with E-state index in [-0.39, 0.29) is 19.0 Å². The number of carbonyl (C=O) groups excluding carboxylic acids is 1. The van der Waals surface area contributed by atoms with Crippen LogP contribution in [-0.2, 0) is 11.3 Å². The minimum absolute atomic E-state index is 0.0177. The van der Waals surface area contributed by atoms with Gasteiger partial charge in [-0.05, 0) is 47.5 Å². The van der Waals surface area contributed by atoms with Gasteiger partial charge in [-0.15, -0.1) is 0 Å². The maximum atomic E-state index is 14.1. The zero-order chi connectivity index (χ0) is 29.3. The molecule has 0 saturated heterocycles. The third-order valence-electron chi connectivity index (χ3n) is 6.89. The maximum absolute atomic E-state index is 14.1. The molecule has 5 rings (SSSR count). The Balaban J connectivity index is 1.91. The molecule has 0 atom stereocenters. The zero-order valence-corrected chi connectivity index (χ0v) is 23.5. The van der Waals surface area contributed by atoms with Crippen LogP contribution in [0.25, 0.3) is 21.9 Å². The summed E-state index contributed by atoms with van der Waals surface area (Å²) < 4.78 is 45.3. The average Bonchev–Trinajstić information content (AvgIpc) is 3.48. The van der Waals surface area contributed by atoms with Crippen LogP contribution in [0.1, 0.15) is 16.1 Å². The molecule has 0 bridgehead atoms. The molecular weight excluding hydrogens is 534 g/mol. The van der Waals surface area contributed by atoms with Crippen LogP contribution >= 0.6 is 0 Å². The van der Waals surface area contributed by atoms with Gasteiger partial charge in [0.05, 0.1) is 54.6 Å². The smallest absolute Gasteiger partial charge is 0.355 e. The third-order valence-corrected chi connectivity index (χ3v) is 6.89. The predicted molar refractivity (Wildman–Crippen MR) is 149 cm³/mol. The maximum Gasteiger partial charge on any atom is 0.355 e. The van der Waals surface area contributed by atoms with Gasteiger partial charge in [0, 0.05) is 10.9 Å². The summed E-state index contributed by atoms with van der Waals surface area (Å²) >= 11 is 0. The van der Waals surface area contributed by atoms with Gasteiger partial charge in [0.25, 0.3) is 5.56 Å². The number of esters is 1. The number of hydrogen-bond donors (Lipinski definition) is 0. The van der Waals surface area contributed by atoms with Gasteiger partial charge in [-0.2, -0.15) is 0 Å². The van der Waals surface area contributed by atoms with Crippen LogP contribution in [0, 0.1) is 0 Å². The number of fused-ring (bicyclic) bond motifs is 2. The minimum Gasteiger partial charge on any atom is -0.493 e. The summed E-state index contributed by atoms with van der Waals surface area (Å²) in [6.45, 7) is 0.136. The highest BCUT2D eigenvalue weighted by Crippen LogP contribution is 2.45. The zero-order valence-electron chi connectivity index (χ0n) is 23.5. The van der Waals surface area contributed by atoms with E-state index < -0.39 is 11.5 Å². The summed E-state index contributed by atoms with van der Waals surface area (Å²) in [6, 6.07) is 12.0. The fourth-order valence-corrected chi connectivity index (χ4v) is 4.97. The summed E-state index contributed by atoms with van der Waals surface area (Å²) in [7, 11) is 8.72. The number of aromatic nitrogens is 1. The number of rotatable bonds is 9. The highest BCUT2D eigenvalue weighted by molar-refractivity contribution is 6.08. The standard InChI is InChI=1S/C30H29NO10/c1-34-21-12-18-19(13-22(21)35-2)29(32)31(14-16-7-8-20-23(9-16)41-15-40-20)27(30(33)39-6)26(18)17-10-24(36-3)28(38-5)25(11-17)37-4/h7-13H,14-15H2,1-6H3. The van der Waals surface area contributed by atoms with Gasteiger partial charge in [0.2, 0.25) is 12.5 Å². The molecule has 0 radical (unpaired) electrons. The second kappa shape index (κ2) is 11.2. The highest BCUT2D eigenvalue weighted by Gasteiger charge is 2.28. The molecule has 1 aliphatic rings. The Morgan fingerprint density at radius 2 is 1.37 bits per heavy atom. The Hall–Kier alpha value is -5.06. The molecule has 41 heavy (non-hydrogen) atoms. The molecule has 0 saturated carbocycles. The van der Waals surface area contributed by atoms with Crippen molar-refractivity contribution in [3.63, 3.8) is 0 Å². The quantitative estimate of drug-likeness (QED) is 0.274. The van der Waals surface area contributed by atoms with E-state index in [0.29, 0.717) is 67.7 Å². The Morgan fingerprint density at radius 3 is 1.95 bits per heavy atom. The monoisotopic (exact) mass is 563 g/mol. The fraction of sp³-hybridized carbons (Fsp3) is 0.267. The van der Waals surface area contributed by atoms with Crippen molar-refractivity contribution in [1.82, 2.24) is 4.57 Å². The highest BCUT2D eigenvalue weighted by atomic mass is 16.7. The number of ether oxygens (including phenoxy) is 8. The number of pyridine rings is 1. The molecule has 2 heterocycles. The van der Waals surface area contributed by atoms with Crippen LogP contribution < -0.4 is 38.7 Å². The van der Waals surface area contributed by atoms with Crippen LogP contribution in [0.2, 0.25) is 0 Å². The van der Waals surface area contributed by atoms with Crippen LogP contribution in [0.5, 0.6) is 40.2 Å². The number of methoxy groups -OCH3 is 6. The molecule has 1 aliphatic heterocycles. The summed E-state index contributed by atoms with van der Waals surface area (Å²) in [5.41, 5.74) is 1.19. The normalized spacial score (nSPS) is 11.8. The second-order valence-electron chi connectivity index (χ2n) is 8.96. The van der Waals surface area contributed by atoms with Crippen LogP contribution in [-0.4, -0.2) is 60.0 Å². The van der Waals surface area contributed by atoms with Gasteiger partial charge in [0.1, 0.15) is 5.69 Å². The first-order chi connectivity index (χ1) is 19.9. The number of nitrogens with zero attached hydrogens (tertiary/aromatic N) is 1. The number of carbonyl (C=O) groups is 1. The molecule has 1 aromatic heterocycles. The van der Waals surface area contributed by atoms with E-state index >= 15 is 0 Å². The number of benzene rings is 3. The van der Waals surface area contributed by atoms with E-state index in [1.807, 2.05) is 0 Å². The first-order valence-corrected chi connectivity index (χ1v) is 12.5. The van der Waals surface area contributed by atoms with E-state index in [9.17, 15) is 9.59 Å². The lowest BCUT2D eigenvalue weighted by molar-refractivity contribution is 0.0588. The molecule has 214 valence electrons. The van der Waals surface area contributed by atoms with Gasteiger partial charge >= 0.3 is 5.97 Å². The predicted octanol–water partition coefficient (Wildman–Crippen LogP) is 4.28. The van der Waals surface area contributed by atoms with Gasteiger partial charge in [-0.25, -0.2) is 4.79 Å². The van der Waals surface area contributed by atoms with Crippen LogP contribution in [0.15, 0.2) is 47.3 Å². The van der Waals surface area contributed by atoms with Crippen molar-refractivity contribution in [2.75, 3.05) is 49.5 Å². The Kier molecular flexibility index (Phi) is 7.52. The Labute approximate surface area is 235 Å². The first-order valence-electron chi connectivity index (χ1n) is 12.5. The number of hydrogen-bond acceptors (Lipinski definition) is 10. The van der Waals surface area contributed by atoms with Crippen LogP contribution in [0.4, 0.5) is 0 Å². The first kappa shape index (κ1) is 27.5.